The summed E-state index contributed by atoms with van der Waals surface area (Å²) in [6.45, 7) is 2.12. The summed E-state index contributed by atoms with van der Waals surface area (Å²) in [5.41, 5.74) is 1.15. The fourth-order valence-electron chi connectivity index (χ4n) is 2.62. The number of amides is 1. The first-order valence-electron chi connectivity index (χ1n) is 6.54. The van der Waals surface area contributed by atoms with E-state index in [1.165, 1.54) is 7.11 Å². The lowest BCUT2D eigenvalue weighted by molar-refractivity contribution is -0.120. The van der Waals surface area contributed by atoms with Crippen LogP contribution in [0.5, 0.6) is 5.75 Å². The number of rotatable bonds is 3. The first-order valence-corrected chi connectivity index (χ1v) is 6.54. The van der Waals surface area contributed by atoms with Crippen LogP contribution in [-0.2, 0) is 4.79 Å². The number of carbonyl (C=O) groups excluding carboxylic acids is 1. The highest BCUT2D eigenvalue weighted by molar-refractivity contribution is 5.94. The number of hydrogen-bond donors (Lipinski definition) is 1. The highest BCUT2D eigenvalue weighted by Crippen LogP contribution is 2.33. The molecule has 0 aliphatic heterocycles. The van der Waals surface area contributed by atoms with E-state index in [2.05, 4.69) is 18.3 Å². The van der Waals surface area contributed by atoms with E-state index in [1.807, 2.05) is 0 Å². The maximum atomic E-state index is 12.2. The standard InChI is InChI=1S/C15H18N2O2/c1-10-4-3-5-12(10)15(18)17-13-7-6-11(9-16)8-14(13)19-2/h6-8,10,12H,3-5H2,1-2H3,(H,17,18). The third kappa shape index (κ3) is 2.87. The third-order valence-corrected chi connectivity index (χ3v) is 3.79. The molecule has 0 heterocycles. The molecule has 1 aliphatic rings. The van der Waals surface area contributed by atoms with E-state index in [0.717, 1.165) is 19.3 Å². The van der Waals surface area contributed by atoms with Gasteiger partial charge in [-0.1, -0.05) is 13.3 Å². The highest BCUT2D eigenvalue weighted by Gasteiger charge is 2.30. The quantitative estimate of drug-likeness (QED) is 0.906. The van der Waals surface area contributed by atoms with Crippen molar-refractivity contribution >= 4 is 11.6 Å². The number of methoxy groups -OCH3 is 1. The molecule has 19 heavy (non-hydrogen) atoms. The summed E-state index contributed by atoms with van der Waals surface area (Å²) in [5, 5.41) is 11.8. The van der Waals surface area contributed by atoms with Crippen molar-refractivity contribution in [2.45, 2.75) is 26.2 Å². The molecule has 1 aromatic rings. The molecule has 2 atom stereocenters. The van der Waals surface area contributed by atoms with Crippen molar-refractivity contribution in [2.24, 2.45) is 11.8 Å². The van der Waals surface area contributed by atoms with Gasteiger partial charge >= 0.3 is 0 Å². The summed E-state index contributed by atoms with van der Waals surface area (Å²) in [5.74, 6) is 1.09. The van der Waals surface area contributed by atoms with E-state index in [9.17, 15) is 4.79 Å². The van der Waals surface area contributed by atoms with Crippen molar-refractivity contribution in [1.82, 2.24) is 0 Å². The van der Waals surface area contributed by atoms with Crippen LogP contribution in [0.2, 0.25) is 0 Å². The number of carbonyl (C=O) groups is 1. The minimum Gasteiger partial charge on any atom is -0.495 e. The third-order valence-electron chi connectivity index (χ3n) is 3.79. The maximum Gasteiger partial charge on any atom is 0.227 e. The lowest BCUT2D eigenvalue weighted by Gasteiger charge is -2.16. The van der Waals surface area contributed by atoms with Crippen molar-refractivity contribution < 1.29 is 9.53 Å². The second-order valence-corrected chi connectivity index (χ2v) is 5.03. The van der Waals surface area contributed by atoms with Crippen molar-refractivity contribution in [2.75, 3.05) is 12.4 Å². The number of nitrogens with zero attached hydrogens (tertiary/aromatic N) is 1. The van der Waals surface area contributed by atoms with Gasteiger partial charge in [0.05, 0.1) is 24.4 Å². The summed E-state index contributed by atoms with van der Waals surface area (Å²) < 4.78 is 5.21. The monoisotopic (exact) mass is 258 g/mol. The van der Waals surface area contributed by atoms with Gasteiger partial charge in [-0.25, -0.2) is 0 Å². The Bertz CT molecular complexity index is 519. The SMILES string of the molecule is COc1cc(C#N)ccc1NC(=O)C1CCCC1C. The van der Waals surface area contributed by atoms with Crippen LogP contribution in [0.3, 0.4) is 0 Å². The molecule has 4 heteroatoms. The van der Waals surface area contributed by atoms with Crippen molar-refractivity contribution in [3.8, 4) is 11.8 Å². The molecule has 0 bridgehead atoms. The van der Waals surface area contributed by atoms with E-state index in [0.29, 0.717) is 22.9 Å². The van der Waals surface area contributed by atoms with Crippen LogP contribution < -0.4 is 10.1 Å². The molecule has 1 fully saturated rings. The zero-order valence-corrected chi connectivity index (χ0v) is 11.3. The van der Waals surface area contributed by atoms with E-state index in [4.69, 9.17) is 10.00 Å². The van der Waals surface area contributed by atoms with Crippen LogP contribution in [0.4, 0.5) is 5.69 Å². The Morgan fingerprint density at radius 1 is 1.47 bits per heavy atom. The zero-order chi connectivity index (χ0) is 13.8. The summed E-state index contributed by atoms with van der Waals surface area (Å²) in [6, 6.07) is 7.08. The van der Waals surface area contributed by atoms with Gasteiger partial charge in [0, 0.05) is 12.0 Å². The predicted molar refractivity (Wildman–Crippen MR) is 72.8 cm³/mol. The molecule has 1 saturated carbocycles. The van der Waals surface area contributed by atoms with Gasteiger partial charge in [-0.05, 0) is 30.9 Å². The van der Waals surface area contributed by atoms with Gasteiger partial charge in [-0.2, -0.15) is 5.26 Å². The zero-order valence-electron chi connectivity index (χ0n) is 11.3. The minimum absolute atomic E-state index is 0.0491. The minimum atomic E-state index is 0.0491. The molecular formula is C15H18N2O2. The van der Waals surface area contributed by atoms with Crippen molar-refractivity contribution in [3.05, 3.63) is 23.8 Å². The Balaban J connectivity index is 2.14. The first-order chi connectivity index (χ1) is 9.15. The van der Waals surface area contributed by atoms with Gasteiger partial charge in [-0.3, -0.25) is 4.79 Å². The Morgan fingerprint density at radius 3 is 2.84 bits per heavy atom. The lowest BCUT2D eigenvalue weighted by Crippen LogP contribution is -2.24. The van der Waals surface area contributed by atoms with Crippen LogP contribution in [0.1, 0.15) is 31.7 Å². The van der Waals surface area contributed by atoms with E-state index >= 15 is 0 Å². The molecule has 1 aromatic carbocycles. The van der Waals surface area contributed by atoms with Gasteiger partial charge < -0.3 is 10.1 Å². The normalized spacial score (nSPS) is 21.7. The second kappa shape index (κ2) is 5.75. The summed E-state index contributed by atoms with van der Waals surface area (Å²) in [4.78, 5) is 12.2. The van der Waals surface area contributed by atoms with Crippen LogP contribution in [0.25, 0.3) is 0 Å². The smallest absolute Gasteiger partial charge is 0.227 e. The molecule has 1 N–H and O–H groups in total. The lowest BCUT2D eigenvalue weighted by atomic mass is 9.97. The largest absolute Gasteiger partial charge is 0.495 e. The number of ether oxygens (including phenoxy) is 1. The Kier molecular flexibility index (Phi) is 4.06. The Morgan fingerprint density at radius 2 is 2.26 bits per heavy atom. The number of nitriles is 1. The molecule has 1 amide bonds. The van der Waals surface area contributed by atoms with E-state index in [1.54, 1.807) is 18.2 Å². The topological polar surface area (TPSA) is 62.1 Å². The van der Waals surface area contributed by atoms with E-state index < -0.39 is 0 Å². The average molecular weight is 258 g/mol. The molecule has 0 aromatic heterocycles. The van der Waals surface area contributed by atoms with Crippen LogP contribution in [0, 0.1) is 23.2 Å². The molecule has 0 radical (unpaired) electrons. The van der Waals surface area contributed by atoms with Crippen LogP contribution >= 0.6 is 0 Å². The fraction of sp³-hybridized carbons (Fsp3) is 0.467. The van der Waals surface area contributed by atoms with Crippen LogP contribution in [0.15, 0.2) is 18.2 Å². The number of benzene rings is 1. The van der Waals surface area contributed by atoms with Gasteiger partial charge in [0.2, 0.25) is 5.91 Å². The van der Waals surface area contributed by atoms with Crippen molar-refractivity contribution in [3.63, 3.8) is 0 Å². The number of hydrogen-bond acceptors (Lipinski definition) is 3. The fourth-order valence-corrected chi connectivity index (χ4v) is 2.62. The Hall–Kier alpha value is -2.02. The van der Waals surface area contributed by atoms with Gasteiger partial charge in [0.25, 0.3) is 0 Å². The molecule has 2 unspecified atom stereocenters. The van der Waals surface area contributed by atoms with E-state index in [-0.39, 0.29) is 11.8 Å². The maximum absolute atomic E-state index is 12.2. The van der Waals surface area contributed by atoms with Gasteiger partial charge in [0.1, 0.15) is 5.75 Å². The van der Waals surface area contributed by atoms with Gasteiger partial charge in [-0.15, -0.1) is 0 Å². The molecule has 0 spiro atoms. The first kappa shape index (κ1) is 13.4. The number of anilines is 1. The second-order valence-electron chi connectivity index (χ2n) is 5.03. The molecule has 2 rings (SSSR count). The average Bonchev–Trinajstić information content (AvgIpc) is 2.85. The van der Waals surface area contributed by atoms with Gasteiger partial charge in [0.15, 0.2) is 0 Å². The Labute approximate surface area is 113 Å². The summed E-state index contributed by atoms with van der Waals surface area (Å²) >= 11 is 0. The summed E-state index contributed by atoms with van der Waals surface area (Å²) in [6.07, 6.45) is 3.18. The summed E-state index contributed by atoms with van der Waals surface area (Å²) in [7, 11) is 1.53. The molecule has 100 valence electrons. The molecule has 4 nitrogen and oxygen atoms in total. The highest BCUT2D eigenvalue weighted by atomic mass is 16.5. The molecule has 1 aliphatic carbocycles. The molecule has 0 saturated heterocycles. The number of nitrogens with one attached hydrogen (secondary N) is 1. The van der Waals surface area contributed by atoms with Crippen molar-refractivity contribution in [1.29, 1.82) is 5.26 Å². The molecular weight excluding hydrogens is 240 g/mol. The van der Waals surface area contributed by atoms with Crippen LogP contribution in [-0.4, -0.2) is 13.0 Å². The predicted octanol–water partition coefficient (Wildman–Crippen LogP) is 2.94.